The maximum atomic E-state index is 12.6. The Balaban J connectivity index is 1.46. The number of piperidine rings is 1. The molecule has 0 radical (unpaired) electrons. The molecule has 0 bridgehead atoms. The Hall–Kier alpha value is -2.62. The van der Waals surface area contributed by atoms with Crippen molar-refractivity contribution in [2.45, 2.75) is 31.6 Å². The molecule has 2 aromatic carbocycles. The monoisotopic (exact) mass is 348 g/mol. The highest BCUT2D eigenvalue weighted by Gasteiger charge is 2.22. The van der Waals surface area contributed by atoms with Crippen molar-refractivity contribution in [2.24, 2.45) is 0 Å². The summed E-state index contributed by atoms with van der Waals surface area (Å²) in [7, 11) is 0. The summed E-state index contributed by atoms with van der Waals surface area (Å²) in [6.07, 6.45) is 4.02. The summed E-state index contributed by atoms with van der Waals surface area (Å²) in [5, 5.41) is 2.88. The number of nitrogens with one attached hydrogen (secondary N) is 1. The molecule has 0 aliphatic carbocycles. The minimum atomic E-state index is 0.132. The second kappa shape index (κ2) is 7.32. The first kappa shape index (κ1) is 16.8. The Morgan fingerprint density at radius 3 is 2.08 bits per heavy atom. The van der Waals surface area contributed by atoms with Gasteiger partial charge in [0, 0.05) is 37.5 Å². The molecule has 4 rings (SSSR count). The van der Waals surface area contributed by atoms with E-state index < -0.39 is 0 Å². The summed E-state index contributed by atoms with van der Waals surface area (Å²) in [5.74, 6) is 0.555. The molecule has 26 heavy (non-hydrogen) atoms. The SMILES string of the molecule is O=C1CC(c2ccc(-c3ccc(C(=O)N4CCCCC4)cc3)cc2)CN1. The van der Waals surface area contributed by atoms with Gasteiger partial charge in [0.25, 0.3) is 5.91 Å². The zero-order valence-corrected chi connectivity index (χ0v) is 14.9. The molecule has 0 saturated carbocycles. The lowest BCUT2D eigenvalue weighted by molar-refractivity contribution is -0.119. The van der Waals surface area contributed by atoms with E-state index in [4.69, 9.17) is 0 Å². The van der Waals surface area contributed by atoms with Crippen LogP contribution in [-0.2, 0) is 4.79 Å². The summed E-state index contributed by atoms with van der Waals surface area (Å²) < 4.78 is 0. The third-order valence-corrected chi connectivity index (χ3v) is 5.47. The summed E-state index contributed by atoms with van der Waals surface area (Å²) in [5.41, 5.74) is 4.20. The number of likely N-dealkylation sites (tertiary alicyclic amines) is 1. The van der Waals surface area contributed by atoms with Gasteiger partial charge in [0.2, 0.25) is 5.91 Å². The number of nitrogens with zero attached hydrogens (tertiary/aromatic N) is 1. The first-order valence-corrected chi connectivity index (χ1v) is 9.47. The molecule has 0 spiro atoms. The Morgan fingerprint density at radius 1 is 0.885 bits per heavy atom. The van der Waals surface area contributed by atoms with Gasteiger partial charge in [-0.25, -0.2) is 0 Å². The van der Waals surface area contributed by atoms with Gasteiger partial charge < -0.3 is 10.2 Å². The summed E-state index contributed by atoms with van der Waals surface area (Å²) >= 11 is 0. The van der Waals surface area contributed by atoms with Crippen molar-refractivity contribution in [2.75, 3.05) is 19.6 Å². The van der Waals surface area contributed by atoms with Crippen LogP contribution in [0.3, 0.4) is 0 Å². The molecule has 2 saturated heterocycles. The van der Waals surface area contributed by atoms with Crippen molar-refractivity contribution in [3.8, 4) is 11.1 Å². The number of hydrogen-bond acceptors (Lipinski definition) is 2. The van der Waals surface area contributed by atoms with Gasteiger partial charge in [-0.1, -0.05) is 36.4 Å². The van der Waals surface area contributed by atoms with Gasteiger partial charge in [0.05, 0.1) is 0 Å². The molecule has 1 atom stereocenters. The molecule has 0 aromatic heterocycles. The third-order valence-electron chi connectivity index (χ3n) is 5.47. The molecular formula is C22H24N2O2. The smallest absolute Gasteiger partial charge is 0.253 e. The van der Waals surface area contributed by atoms with E-state index in [1.807, 2.05) is 29.2 Å². The van der Waals surface area contributed by atoms with Crippen molar-refractivity contribution in [1.82, 2.24) is 10.2 Å². The van der Waals surface area contributed by atoms with Crippen LogP contribution in [0, 0.1) is 0 Å². The largest absolute Gasteiger partial charge is 0.355 e. The molecule has 2 heterocycles. The molecular weight excluding hydrogens is 324 g/mol. The van der Waals surface area contributed by atoms with Crippen LogP contribution in [-0.4, -0.2) is 36.3 Å². The number of hydrogen-bond donors (Lipinski definition) is 1. The molecule has 134 valence electrons. The standard InChI is InChI=1S/C22H24N2O2/c25-21-14-20(15-23-21)18-6-4-16(5-7-18)17-8-10-19(11-9-17)22(26)24-12-2-1-3-13-24/h4-11,20H,1-3,12-15H2,(H,23,25). The average Bonchev–Trinajstić information content (AvgIpc) is 3.15. The number of amides is 2. The van der Waals surface area contributed by atoms with Crippen LogP contribution >= 0.6 is 0 Å². The van der Waals surface area contributed by atoms with E-state index in [1.165, 1.54) is 12.0 Å². The normalized spacial score (nSPS) is 20.1. The van der Waals surface area contributed by atoms with Gasteiger partial charge in [-0.05, 0) is 48.1 Å². The summed E-state index contributed by atoms with van der Waals surface area (Å²) in [6.45, 7) is 2.48. The molecule has 2 aliphatic rings. The Morgan fingerprint density at radius 2 is 1.50 bits per heavy atom. The van der Waals surface area contributed by atoms with Gasteiger partial charge in [0.1, 0.15) is 0 Å². The lowest BCUT2D eigenvalue weighted by Crippen LogP contribution is -2.35. The van der Waals surface area contributed by atoms with Crippen LogP contribution in [0.25, 0.3) is 11.1 Å². The first-order chi connectivity index (χ1) is 12.7. The molecule has 1 unspecified atom stereocenters. The lowest BCUT2D eigenvalue weighted by Gasteiger charge is -2.26. The van der Waals surface area contributed by atoms with Crippen LogP contribution in [0.4, 0.5) is 0 Å². The van der Waals surface area contributed by atoms with E-state index in [1.54, 1.807) is 0 Å². The Bertz CT molecular complexity index is 790. The first-order valence-electron chi connectivity index (χ1n) is 9.47. The second-order valence-corrected chi connectivity index (χ2v) is 7.26. The second-order valence-electron chi connectivity index (χ2n) is 7.26. The summed E-state index contributed by atoms with van der Waals surface area (Å²) in [4.78, 5) is 25.9. The van der Waals surface area contributed by atoms with E-state index in [9.17, 15) is 9.59 Å². The molecule has 2 amide bonds. The van der Waals surface area contributed by atoms with Gasteiger partial charge >= 0.3 is 0 Å². The van der Waals surface area contributed by atoms with Gasteiger partial charge in [0.15, 0.2) is 0 Å². The molecule has 2 aromatic rings. The lowest BCUT2D eigenvalue weighted by atomic mass is 9.95. The fraction of sp³-hybridized carbons (Fsp3) is 0.364. The van der Waals surface area contributed by atoms with Gasteiger partial charge in [-0.15, -0.1) is 0 Å². The number of carbonyl (C=O) groups is 2. The van der Waals surface area contributed by atoms with E-state index in [0.717, 1.165) is 49.2 Å². The zero-order valence-electron chi connectivity index (χ0n) is 14.9. The Kier molecular flexibility index (Phi) is 4.74. The molecule has 2 aliphatic heterocycles. The molecule has 4 heteroatoms. The molecule has 4 nitrogen and oxygen atoms in total. The predicted molar refractivity (Wildman–Crippen MR) is 102 cm³/mol. The third kappa shape index (κ3) is 3.50. The quantitative estimate of drug-likeness (QED) is 0.922. The van der Waals surface area contributed by atoms with Crippen molar-refractivity contribution in [3.63, 3.8) is 0 Å². The van der Waals surface area contributed by atoms with E-state index in [-0.39, 0.29) is 17.7 Å². The number of rotatable bonds is 3. The van der Waals surface area contributed by atoms with Crippen LogP contribution in [0.5, 0.6) is 0 Å². The van der Waals surface area contributed by atoms with Crippen molar-refractivity contribution >= 4 is 11.8 Å². The highest BCUT2D eigenvalue weighted by atomic mass is 16.2. The average molecular weight is 348 g/mol. The minimum Gasteiger partial charge on any atom is -0.355 e. The maximum Gasteiger partial charge on any atom is 0.253 e. The van der Waals surface area contributed by atoms with Crippen molar-refractivity contribution in [1.29, 1.82) is 0 Å². The van der Waals surface area contributed by atoms with Gasteiger partial charge in [-0.3, -0.25) is 9.59 Å². The predicted octanol–water partition coefficient (Wildman–Crippen LogP) is 3.58. The number of carbonyl (C=O) groups excluding carboxylic acids is 2. The molecule has 1 N–H and O–H groups in total. The Labute approximate surface area is 154 Å². The fourth-order valence-electron chi connectivity index (χ4n) is 3.87. The molecule has 2 fully saturated rings. The van der Waals surface area contributed by atoms with Crippen molar-refractivity contribution < 1.29 is 9.59 Å². The van der Waals surface area contributed by atoms with E-state index in [2.05, 4.69) is 29.6 Å². The van der Waals surface area contributed by atoms with Crippen LogP contribution in [0.2, 0.25) is 0 Å². The zero-order chi connectivity index (χ0) is 17.9. The highest BCUT2D eigenvalue weighted by Crippen LogP contribution is 2.27. The van der Waals surface area contributed by atoms with Crippen LogP contribution in [0.1, 0.15) is 47.5 Å². The van der Waals surface area contributed by atoms with E-state index >= 15 is 0 Å². The maximum absolute atomic E-state index is 12.6. The van der Waals surface area contributed by atoms with Crippen molar-refractivity contribution in [3.05, 3.63) is 59.7 Å². The number of benzene rings is 2. The summed E-state index contributed by atoms with van der Waals surface area (Å²) in [6, 6.07) is 16.3. The van der Waals surface area contributed by atoms with Gasteiger partial charge in [-0.2, -0.15) is 0 Å². The van der Waals surface area contributed by atoms with Crippen LogP contribution in [0.15, 0.2) is 48.5 Å². The topological polar surface area (TPSA) is 49.4 Å². The fourth-order valence-corrected chi connectivity index (χ4v) is 3.87. The van der Waals surface area contributed by atoms with E-state index in [0.29, 0.717) is 6.42 Å². The minimum absolute atomic E-state index is 0.132. The highest BCUT2D eigenvalue weighted by molar-refractivity contribution is 5.94. The van der Waals surface area contributed by atoms with Crippen LogP contribution < -0.4 is 5.32 Å².